The van der Waals surface area contributed by atoms with Crippen LogP contribution in [0.5, 0.6) is 0 Å². The number of benzene rings is 11. The first-order valence-electron chi connectivity index (χ1n) is 17.7. The molecule has 0 N–H and O–H groups in total. The molecule has 0 spiro atoms. The Morgan fingerprint density at radius 3 is 1.18 bits per heavy atom. The fourth-order valence-electron chi connectivity index (χ4n) is 9.02. The number of rotatable bonds is 3. The Morgan fingerprint density at radius 2 is 0.667 bits per heavy atom. The summed E-state index contributed by atoms with van der Waals surface area (Å²) in [5, 5.41) is 18.5. The molecule has 0 aliphatic carbocycles. The molecule has 0 radical (unpaired) electrons. The van der Waals surface area contributed by atoms with Gasteiger partial charge in [-0.3, -0.25) is 0 Å². The van der Waals surface area contributed by atoms with Gasteiger partial charge in [-0.2, -0.15) is 0 Å². The van der Waals surface area contributed by atoms with E-state index in [1.165, 1.54) is 118 Å². The summed E-state index contributed by atoms with van der Waals surface area (Å²) >= 11 is 1.89. The second-order valence-electron chi connectivity index (χ2n) is 14.0. The molecule has 0 bridgehead atoms. The van der Waals surface area contributed by atoms with Crippen molar-refractivity contribution in [3.63, 3.8) is 0 Å². The first kappa shape index (κ1) is 27.5. The molecule has 0 unspecified atom stereocenters. The van der Waals surface area contributed by atoms with E-state index in [1.54, 1.807) is 0 Å². The monoisotopic (exact) mass is 660 g/mol. The summed E-state index contributed by atoms with van der Waals surface area (Å²) in [7, 11) is 0. The van der Waals surface area contributed by atoms with Crippen molar-refractivity contribution < 1.29 is 0 Å². The highest BCUT2D eigenvalue weighted by molar-refractivity contribution is 7.25. The lowest BCUT2D eigenvalue weighted by molar-refractivity contribution is 1.66. The highest BCUT2D eigenvalue weighted by Crippen LogP contribution is 2.45. The van der Waals surface area contributed by atoms with Crippen LogP contribution in [0.4, 0.5) is 0 Å². The molecule has 234 valence electrons. The summed E-state index contributed by atoms with van der Waals surface area (Å²) in [6, 6.07) is 63.8. The van der Waals surface area contributed by atoms with Crippen LogP contribution in [0.15, 0.2) is 170 Å². The molecule has 1 heteroatoms. The van der Waals surface area contributed by atoms with E-state index in [9.17, 15) is 0 Å². The Morgan fingerprint density at radius 1 is 0.255 bits per heavy atom. The Balaban J connectivity index is 1.06. The molecule has 0 nitrogen and oxygen atoms in total. The molecular formula is C50H28S. The number of hydrogen-bond donors (Lipinski definition) is 0. The molecule has 1 aromatic heterocycles. The molecular weight excluding hydrogens is 633 g/mol. The highest BCUT2D eigenvalue weighted by atomic mass is 32.1. The lowest BCUT2D eigenvalue weighted by atomic mass is 9.87. The fourth-order valence-corrected chi connectivity index (χ4v) is 10.1. The average molecular weight is 661 g/mol. The number of hydrogen-bond acceptors (Lipinski definition) is 1. The third-order valence-corrected chi connectivity index (χ3v) is 12.5. The molecule has 0 amide bonds. The van der Waals surface area contributed by atoms with E-state index in [2.05, 4.69) is 170 Å². The zero-order valence-corrected chi connectivity index (χ0v) is 28.4. The Hall–Kier alpha value is -6.28. The van der Waals surface area contributed by atoms with Gasteiger partial charge >= 0.3 is 0 Å². The predicted octanol–water partition coefficient (Wildman–Crippen LogP) is 14.9. The number of thiophene rings is 1. The summed E-state index contributed by atoms with van der Waals surface area (Å²) in [5.74, 6) is 0. The maximum atomic E-state index is 2.43. The summed E-state index contributed by atoms with van der Waals surface area (Å²) in [5.41, 5.74) is 7.64. The van der Waals surface area contributed by atoms with Crippen LogP contribution in [0.1, 0.15) is 0 Å². The zero-order valence-electron chi connectivity index (χ0n) is 27.6. The molecule has 0 saturated carbocycles. The van der Waals surface area contributed by atoms with Crippen LogP contribution in [0.3, 0.4) is 0 Å². The van der Waals surface area contributed by atoms with Gasteiger partial charge in [-0.25, -0.2) is 0 Å². The van der Waals surface area contributed by atoms with Crippen LogP contribution in [0.25, 0.3) is 118 Å². The quantitative estimate of drug-likeness (QED) is 0.165. The maximum Gasteiger partial charge on any atom is 0.0355 e. The average Bonchev–Trinajstić information content (AvgIpc) is 3.56. The Labute approximate surface area is 298 Å². The minimum Gasteiger partial charge on any atom is -0.135 e. The van der Waals surface area contributed by atoms with Gasteiger partial charge in [0.25, 0.3) is 0 Å². The van der Waals surface area contributed by atoms with Gasteiger partial charge in [-0.1, -0.05) is 146 Å². The van der Waals surface area contributed by atoms with E-state index in [1.807, 2.05) is 11.3 Å². The fraction of sp³-hybridized carbons (Fsp3) is 0. The normalized spacial score (nSPS) is 12.3. The molecule has 0 fully saturated rings. The second kappa shape index (κ2) is 10.1. The van der Waals surface area contributed by atoms with Crippen molar-refractivity contribution in [3.8, 4) is 33.4 Å². The van der Waals surface area contributed by atoms with Crippen molar-refractivity contribution in [1.82, 2.24) is 0 Å². The topological polar surface area (TPSA) is 0 Å². The predicted molar refractivity (Wildman–Crippen MR) is 223 cm³/mol. The third kappa shape index (κ3) is 3.84. The van der Waals surface area contributed by atoms with Crippen molar-refractivity contribution in [2.75, 3.05) is 0 Å². The minimum atomic E-state index is 1.26. The van der Waals surface area contributed by atoms with E-state index in [0.717, 1.165) is 0 Å². The summed E-state index contributed by atoms with van der Waals surface area (Å²) in [6.07, 6.45) is 0. The highest BCUT2D eigenvalue weighted by Gasteiger charge is 2.17. The van der Waals surface area contributed by atoms with E-state index in [4.69, 9.17) is 0 Å². The van der Waals surface area contributed by atoms with Gasteiger partial charge in [-0.05, 0) is 122 Å². The Bertz CT molecular complexity index is 3330. The van der Waals surface area contributed by atoms with Gasteiger partial charge in [0.15, 0.2) is 0 Å². The minimum absolute atomic E-state index is 1.26. The van der Waals surface area contributed by atoms with Crippen LogP contribution in [0, 0.1) is 0 Å². The lowest BCUT2D eigenvalue weighted by Crippen LogP contribution is -1.89. The van der Waals surface area contributed by atoms with Gasteiger partial charge in [0, 0.05) is 20.2 Å². The summed E-state index contributed by atoms with van der Waals surface area (Å²) < 4.78 is 2.65. The van der Waals surface area contributed by atoms with Crippen LogP contribution >= 0.6 is 11.3 Å². The molecule has 51 heavy (non-hydrogen) atoms. The molecule has 11 aromatic carbocycles. The van der Waals surface area contributed by atoms with Crippen molar-refractivity contribution in [2.24, 2.45) is 0 Å². The SMILES string of the molecule is c1ccc(-c2ccc3ccc4c(-c5ccc6sc7ccc(-c8ccc9ccc%10cccc%11ccc8c9c%10%11)cc7c6c5)ccc5ccc2c3c54)cc1. The standard InChI is InChI=1S/C50H28S/c1-2-5-29(6-3-1)37-19-11-33-16-24-42-39(21-13-34-15-23-40(37)49(33)50(34)42)36-18-26-46-44(28-36)43-27-35(17-25-45(43)51-46)38-20-12-32-10-9-30-7-4-8-31-14-22-41(38)48(32)47(30)31/h1-28H. The summed E-state index contributed by atoms with van der Waals surface area (Å²) in [4.78, 5) is 0. The van der Waals surface area contributed by atoms with E-state index in [0.29, 0.717) is 0 Å². The first-order valence-corrected chi connectivity index (χ1v) is 18.5. The van der Waals surface area contributed by atoms with Crippen molar-refractivity contribution in [1.29, 1.82) is 0 Å². The van der Waals surface area contributed by atoms with Crippen molar-refractivity contribution in [3.05, 3.63) is 170 Å². The van der Waals surface area contributed by atoms with Gasteiger partial charge in [-0.15, -0.1) is 11.3 Å². The largest absolute Gasteiger partial charge is 0.135 e. The van der Waals surface area contributed by atoms with E-state index in [-0.39, 0.29) is 0 Å². The van der Waals surface area contributed by atoms with Gasteiger partial charge in [0.1, 0.15) is 0 Å². The molecule has 0 atom stereocenters. The molecule has 12 rings (SSSR count). The second-order valence-corrected chi connectivity index (χ2v) is 15.1. The van der Waals surface area contributed by atoms with Gasteiger partial charge < -0.3 is 0 Å². The van der Waals surface area contributed by atoms with Crippen molar-refractivity contribution in [2.45, 2.75) is 0 Å². The number of fused-ring (bicyclic) bond motifs is 3. The van der Waals surface area contributed by atoms with E-state index >= 15 is 0 Å². The molecule has 12 aromatic rings. The molecule has 0 aliphatic rings. The van der Waals surface area contributed by atoms with Crippen LogP contribution in [-0.4, -0.2) is 0 Å². The third-order valence-electron chi connectivity index (χ3n) is 11.4. The first-order chi connectivity index (χ1) is 25.3. The molecule has 0 aliphatic heterocycles. The molecule has 0 saturated heterocycles. The Kier molecular flexibility index (Phi) is 5.47. The van der Waals surface area contributed by atoms with Gasteiger partial charge in [0.05, 0.1) is 0 Å². The van der Waals surface area contributed by atoms with Gasteiger partial charge in [0.2, 0.25) is 0 Å². The lowest BCUT2D eigenvalue weighted by Gasteiger charge is -2.16. The van der Waals surface area contributed by atoms with Crippen LogP contribution in [0.2, 0.25) is 0 Å². The van der Waals surface area contributed by atoms with Crippen LogP contribution < -0.4 is 0 Å². The van der Waals surface area contributed by atoms with Crippen LogP contribution in [-0.2, 0) is 0 Å². The summed E-state index contributed by atoms with van der Waals surface area (Å²) in [6.45, 7) is 0. The smallest absolute Gasteiger partial charge is 0.0355 e. The van der Waals surface area contributed by atoms with E-state index < -0.39 is 0 Å². The van der Waals surface area contributed by atoms with Crippen molar-refractivity contribution >= 4 is 96.1 Å². The molecule has 1 heterocycles. The zero-order chi connectivity index (χ0) is 33.2. The maximum absolute atomic E-state index is 2.43.